The highest BCUT2D eigenvalue weighted by Crippen LogP contribution is 2.39. The van der Waals surface area contributed by atoms with Gasteiger partial charge in [0, 0.05) is 12.1 Å². The standard InChI is InChI=1S/C25H25N5O4/c1-33-18-10-11-22(34-2)19(13-18)21-9-6-12-29(21)23(31)15-28-16-26-24-20(25(28)32)14-27-30(24)17-7-4-3-5-8-17/h3-5,7-8,10-11,13-14,16,21H,6,9,12,15H2,1-2H3/t21-/m1/s1. The average molecular weight is 460 g/mol. The molecule has 0 N–H and O–H groups in total. The zero-order valence-corrected chi connectivity index (χ0v) is 19.0. The molecular formula is C25H25N5O4. The Hall–Kier alpha value is -4.14. The number of carbonyl (C=O) groups is 1. The minimum absolute atomic E-state index is 0.0962. The monoisotopic (exact) mass is 459 g/mol. The lowest BCUT2D eigenvalue weighted by Gasteiger charge is -2.27. The van der Waals surface area contributed by atoms with Gasteiger partial charge in [0.25, 0.3) is 5.56 Å². The maximum atomic E-state index is 13.3. The molecule has 174 valence electrons. The van der Waals surface area contributed by atoms with E-state index in [4.69, 9.17) is 9.47 Å². The Kier molecular flexibility index (Phi) is 5.75. The average Bonchev–Trinajstić information content (AvgIpc) is 3.54. The van der Waals surface area contributed by atoms with Crippen LogP contribution in [0.5, 0.6) is 11.5 Å². The molecule has 1 saturated heterocycles. The zero-order valence-electron chi connectivity index (χ0n) is 19.0. The second-order valence-electron chi connectivity index (χ2n) is 8.16. The molecule has 0 unspecified atom stereocenters. The van der Waals surface area contributed by atoms with Crippen molar-refractivity contribution in [3.05, 3.63) is 77.0 Å². The predicted octanol–water partition coefficient (Wildman–Crippen LogP) is 2.96. The van der Waals surface area contributed by atoms with Crippen LogP contribution in [-0.2, 0) is 11.3 Å². The molecule has 0 aliphatic carbocycles. The Labute approximate surface area is 196 Å². The third-order valence-corrected chi connectivity index (χ3v) is 6.23. The fourth-order valence-electron chi connectivity index (χ4n) is 4.54. The third kappa shape index (κ3) is 3.79. The molecule has 0 saturated carbocycles. The maximum absolute atomic E-state index is 13.3. The molecule has 1 fully saturated rings. The van der Waals surface area contributed by atoms with Crippen molar-refractivity contribution in [2.45, 2.75) is 25.4 Å². The Bertz CT molecular complexity index is 1400. The smallest absolute Gasteiger partial charge is 0.264 e. The number of ether oxygens (including phenoxy) is 2. The van der Waals surface area contributed by atoms with Gasteiger partial charge in [-0.1, -0.05) is 18.2 Å². The summed E-state index contributed by atoms with van der Waals surface area (Å²) in [5.41, 5.74) is 1.87. The molecule has 0 bridgehead atoms. The van der Waals surface area contributed by atoms with Crippen molar-refractivity contribution in [1.82, 2.24) is 24.2 Å². The van der Waals surface area contributed by atoms with Crippen molar-refractivity contribution in [2.75, 3.05) is 20.8 Å². The SMILES string of the molecule is COc1ccc(OC)c([C@H]2CCCN2C(=O)Cn2cnc3c(cnn3-c3ccccc3)c2=O)c1. The molecule has 1 aliphatic heterocycles. The van der Waals surface area contributed by atoms with E-state index in [9.17, 15) is 9.59 Å². The van der Waals surface area contributed by atoms with Crippen LogP contribution in [0.25, 0.3) is 16.7 Å². The lowest BCUT2D eigenvalue weighted by Crippen LogP contribution is -2.36. The number of amides is 1. The number of nitrogens with zero attached hydrogens (tertiary/aromatic N) is 5. The van der Waals surface area contributed by atoms with Gasteiger partial charge in [0.05, 0.1) is 32.1 Å². The molecule has 9 heteroatoms. The van der Waals surface area contributed by atoms with Gasteiger partial charge >= 0.3 is 0 Å². The van der Waals surface area contributed by atoms with E-state index in [1.807, 2.05) is 48.5 Å². The van der Waals surface area contributed by atoms with Crippen LogP contribution >= 0.6 is 0 Å². The molecule has 2 aromatic heterocycles. The lowest BCUT2D eigenvalue weighted by atomic mass is 10.0. The fraction of sp³-hybridized carbons (Fsp3) is 0.280. The van der Waals surface area contributed by atoms with Gasteiger partial charge in [-0.05, 0) is 43.2 Å². The Morgan fingerprint density at radius 3 is 2.71 bits per heavy atom. The third-order valence-electron chi connectivity index (χ3n) is 6.23. The predicted molar refractivity (Wildman–Crippen MR) is 126 cm³/mol. The van der Waals surface area contributed by atoms with Crippen molar-refractivity contribution < 1.29 is 14.3 Å². The minimum Gasteiger partial charge on any atom is -0.497 e. The molecule has 1 atom stereocenters. The highest BCUT2D eigenvalue weighted by atomic mass is 16.5. The molecule has 2 aromatic carbocycles. The normalized spacial score (nSPS) is 15.6. The van der Waals surface area contributed by atoms with Gasteiger partial charge in [-0.2, -0.15) is 5.10 Å². The molecule has 4 aromatic rings. The number of fused-ring (bicyclic) bond motifs is 1. The molecule has 9 nitrogen and oxygen atoms in total. The topological polar surface area (TPSA) is 91.5 Å². The van der Waals surface area contributed by atoms with Gasteiger partial charge in [0.15, 0.2) is 5.65 Å². The quantitative estimate of drug-likeness (QED) is 0.440. The fourth-order valence-corrected chi connectivity index (χ4v) is 4.54. The van der Waals surface area contributed by atoms with E-state index in [2.05, 4.69) is 10.1 Å². The highest BCUT2D eigenvalue weighted by Gasteiger charge is 2.32. The van der Waals surface area contributed by atoms with Gasteiger partial charge < -0.3 is 14.4 Å². The van der Waals surface area contributed by atoms with Crippen LogP contribution in [0.3, 0.4) is 0 Å². The first-order chi connectivity index (χ1) is 16.6. The van der Waals surface area contributed by atoms with Crippen molar-refractivity contribution in [2.24, 2.45) is 0 Å². The summed E-state index contributed by atoms with van der Waals surface area (Å²) in [5.74, 6) is 1.27. The Balaban J connectivity index is 1.42. The summed E-state index contributed by atoms with van der Waals surface area (Å²) < 4.78 is 13.9. The van der Waals surface area contributed by atoms with Gasteiger partial charge in [0.2, 0.25) is 5.91 Å². The van der Waals surface area contributed by atoms with Gasteiger partial charge in [-0.25, -0.2) is 9.67 Å². The van der Waals surface area contributed by atoms with E-state index in [0.29, 0.717) is 29.1 Å². The van der Waals surface area contributed by atoms with Crippen LogP contribution in [0.2, 0.25) is 0 Å². The maximum Gasteiger partial charge on any atom is 0.264 e. The van der Waals surface area contributed by atoms with E-state index in [1.165, 1.54) is 17.1 Å². The summed E-state index contributed by atoms with van der Waals surface area (Å²) in [4.78, 5) is 32.7. The van der Waals surface area contributed by atoms with E-state index in [1.54, 1.807) is 23.8 Å². The van der Waals surface area contributed by atoms with Gasteiger partial charge in [-0.3, -0.25) is 14.2 Å². The molecule has 5 rings (SSSR count). The van der Waals surface area contributed by atoms with Crippen molar-refractivity contribution in [1.29, 1.82) is 0 Å². The number of methoxy groups -OCH3 is 2. The van der Waals surface area contributed by atoms with E-state index in [0.717, 1.165) is 24.1 Å². The number of para-hydroxylation sites is 1. The van der Waals surface area contributed by atoms with E-state index >= 15 is 0 Å². The number of likely N-dealkylation sites (tertiary alicyclic amines) is 1. The van der Waals surface area contributed by atoms with E-state index in [-0.39, 0.29) is 24.1 Å². The van der Waals surface area contributed by atoms with Gasteiger partial charge in [-0.15, -0.1) is 0 Å². The van der Waals surface area contributed by atoms with Crippen LogP contribution in [0, 0.1) is 0 Å². The molecule has 1 amide bonds. The molecule has 3 heterocycles. The largest absolute Gasteiger partial charge is 0.497 e. The number of carbonyl (C=O) groups excluding carboxylic acids is 1. The summed E-state index contributed by atoms with van der Waals surface area (Å²) >= 11 is 0. The first-order valence-electron chi connectivity index (χ1n) is 11.1. The van der Waals surface area contributed by atoms with Crippen LogP contribution < -0.4 is 15.0 Å². The van der Waals surface area contributed by atoms with Crippen LogP contribution in [0.15, 0.2) is 65.8 Å². The van der Waals surface area contributed by atoms with Crippen molar-refractivity contribution >= 4 is 16.9 Å². The summed E-state index contributed by atoms with van der Waals surface area (Å²) in [7, 11) is 3.22. The summed E-state index contributed by atoms with van der Waals surface area (Å²) in [6.45, 7) is 0.515. The number of aromatic nitrogens is 4. The summed E-state index contributed by atoms with van der Waals surface area (Å²) in [6, 6.07) is 14.9. The van der Waals surface area contributed by atoms with Crippen LogP contribution in [0.4, 0.5) is 0 Å². The van der Waals surface area contributed by atoms with Gasteiger partial charge in [0.1, 0.15) is 29.8 Å². The van der Waals surface area contributed by atoms with E-state index < -0.39 is 0 Å². The molecule has 0 radical (unpaired) electrons. The second kappa shape index (κ2) is 9.01. The molecular weight excluding hydrogens is 434 g/mol. The lowest BCUT2D eigenvalue weighted by molar-refractivity contribution is -0.132. The minimum atomic E-state index is -0.296. The molecule has 1 aliphatic rings. The number of rotatable bonds is 6. The Morgan fingerprint density at radius 1 is 1.12 bits per heavy atom. The first kappa shape index (κ1) is 21.7. The number of benzene rings is 2. The zero-order chi connectivity index (χ0) is 23.7. The summed E-state index contributed by atoms with van der Waals surface area (Å²) in [6.07, 6.45) is 4.59. The summed E-state index contributed by atoms with van der Waals surface area (Å²) in [5, 5.41) is 4.70. The van der Waals surface area contributed by atoms with Crippen molar-refractivity contribution in [3.8, 4) is 17.2 Å². The number of hydrogen-bond donors (Lipinski definition) is 0. The van der Waals surface area contributed by atoms with Crippen LogP contribution in [0.1, 0.15) is 24.4 Å². The Morgan fingerprint density at radius 2 is 1.94 bits per heavy atom. The second-order valence-corrected chi connectivity index (χ2v) is 8.16. The molecule has 0 spiro atoms. The number of hydrogen-bond acceptors (Lipinski definition) is 6. The van der Waals surface area contributed by atoms with Crippen molar-refractivity contribution in [3.63, 3.8) is 0 Å². The first-order valence-corrected chi connectivity index (χ1v) is 11.1. The molecule has 34 heavy (non-hydrogen) atoms. The highest BCUT2D eigenvalue weighted by molar-refractivity contribution is 5.78. The van der Waals surface area contributed by atoms with Crippen LogP contribution in [-0.4, -0.2) is 50.9 Å².